The predicted molar refractivity (Wildman–Crippen MR) is 38.4 cm³/mol. The maximum Gasteiger partial charge on any atom is 0.129 e. The van der Waals surface area contributed by atoms with Gasteiger partial charge in [0.1, 0.15) is 11.4 Å². The second-order valence-corrected chi connectivity index (χ2v) is 1.84. The Bertz CT molecular complexity index is 250. The molecule has 10 heavy (non-hydrogen) atoms. The third-order valence-corrected chi connectivity index (χ3v) is 1.18. The van der Waals surface area contributed by atoms with E-state index in [0.29, 0.717) is 5.70 Å². The Morgan fingerprint density at radius 3 is 2.80 bits per heavy atom. The van der Waals surface area contributed by atoms with Gasteiger partial charge in [-0.2, -0.15) is 0 Å². The molecule has 0 aromatic carbocycles. The molecule has 0 aromatic rings. The summed E-state index contributed by atoms with van der Waals surface area (Å²) in [5.74, 6) is 0. The van der Waals surface area contributed by atoms with Gasteiger partial charge in [-0.25, -0.2) is 0 Å². The molecule has 0 radical (unpaired) electrons. The number of nitrogens with zero attached hydrogens (tertiary/aromatic N) is 1. The minimum absolute atomic E-state index is 0.0602. The molecule has 4 heteroatoms. The Kier molecular flexibility index (Phi) is 1.53. The molecule has 1 rings (SSSR count). The highest BCUT2D eigenvalue weighted by atomic mass is 16.4. The zero-order valence-electron chi connectivity index (χ0n) is 5.20. The lowest BCUT2D eigenvalue weighted by Gasteiger charge is -2.04. The first kappa shape index (κ1) is 6.54. The fourth-order valence-electron chi connectivity index (χ4n) is 0.641. The standard InChI is InChI=1S/C6H7N3O/c7-4-2-1-3-5(9-10)6(4)8/h1-3,8,10H,7H2/b8-6?,9-5-. The van der Waals surface area contributed by atoms with Crippen molar-refractivity contribution < 1.29 is 5.21 Å². The van der Waals surface area contributed by atoms with Crippen molar-refractivity contribution in [2.24, 2.45) is 10.9 Å². The van der Waals surface area contributed by atoms with Gasteiger partial charge in [-0.15, -0.1) is 0 Å². The van der Waals surface area contributed by atoms with Crippen LogP contribution in [0.25, 0.3) is 0 Å². The molecule has 1 aliphatic carbocycles. The van der Waals surface area contributed by atoms with E-state index in [0.717, 1.165) is 0 Å². The van der Waals surface area contributed by atoms with Gasteiger partial charge in [0.15, 0.2) is 0 Å². The molecule has 0 saturated heterocycles. The Hall–Kier alpha value is -1.58. The molecule has 0 fully saturated rings. The van der Waals surface area contributed by atoms with Crippen molar-refractivity contribution in [3.63, 3.8) is 0 Å². The first-order valence-corrected chi connectivity index (χ1v) is 2.71. The first-order valence-electron chi connectivity index (χ1n) is 2.71. The second-order valence-electron chi connectivity index (χ2n) is 1.84. The summed E-state index contributed by atoms with van der Waals surface area (Å²) < 4.78 is 0. The Morgan fingerprint density at radius 1 is 1.60 bits per heavy atom. The van der Waals surface area contributed by atoms with E-state index in [1.165, 1.54) is 6.08 Å². The molecule has 0 unspecified atom stereocenters. The summed E-state index contributed by atoms with van der Waals surface area (Å²) in [6.07, 6.45) is 4.72. The third kappa shape index (κ3) is 0.907. The second kappa shape index (κ2) is 2.34. The summed E-state index contributed by atoms with van der Waals surface area (Å²) in [5, 5.41) is 18.4. The lowest BCUT2D eigenvalue weighted by molar-refractivity contribution is 0.320. The van der Waals surface area contributed by atoms with Crippen LogP contribution in [0.3, 0.4) is 0 Å². The molecule has 0 saturated carbocycles. The summed E-state index contributed by atoms with van der Waals surface area (Å²) >= 11 is 0. The van der Waals surface area contributed by atoms with Crippen LogP contribution in [0.2, 0.25) is 0 Å². The topological polar surface area (TPSA) is 82.5 Å². The fourth-order valence-corrected chi connectivity index (χ4v) is 0.641. The molecule has 4 N–H and O–H groups in total. The number of oxime groups is 1. The molecule has 0 spiro atoms. The van der Waals surface area contributed by atoms with Crippen LogP contribution in [0.1, 0.15) is 0 Å². The minimum atomic E-state index is 0.0602. The van der Waals surface area contributed by atoms with Crippen LogP contribution in [0.4, 0.5) is 0 Å². The van der Waals surface area contributed by atoms with Crippen molar-refractivity contribution in [3.8, 4) is 0 Å². The van der Waals surface area contributed by atoms with Crippen molar-refractivity contribution in [2.75, 3.05) is 0 Å². The van der Waals surface area contributed by atoms with Crippen LogP contribution in [0, 0.1) is 5.41 Å². The highest BCUT2D eigenvalue weighted by Crippen LogP contribution is 1.99. The van der Waals surface area contributed by atoms with Gasteiger partial charge in [-0.1, -0.05) is 11.2 Å². The van der Waals surface area contributed by atoms with Gasteiger partial charge < -0.3 is 10.9 Å². The van der Waals surface area contributed by atoms with E-state index >= 15 is 0 Å². The largest absolute Gasteiger partial charge is 0.410 e. The molecular weight excluding hydrogens is 130 g/mol. The van der Waals surface area contributed by atoms with Gasteiger partial charge in [-0.05, 0) is 12.2 Å². The highest BCUT2D eigenvalue weighted by Gasteiger charge is 2.09. The summed E-state index contributed by atoms with van der Waals surface area (Å²) in [6, 6.07) is 0. The number of rotatable bonds is 0. The molecular formula is C6H7N3O. The average molecular weight is 137 g/mol. The monoisotopic (exact) mass is 137 g/mol. The van der Waals surface area contributed by atoms with E-state index in [-0.39, 0.29) is 11.4 Å². The van der Waals surface area contributed by atoms with Crippen LogP contribution in [0.5, 0.6) is 0 Å². The molecule has 0 atom stereocenters. The number of hydrogen-bond acceptors (Lipinski definition) is 4. The van der Waals surface area contributed by atoms with Crippen LogP contribution < -0.4 is 5.73 Å². The average Bonchev–Trinajstić information content (AvgIpc) is 1.95. The maximum atomic E-state index is 8.29. The quantitative estimate of drug-likeness (QED) is 0.254. The molecule has 0 bridgehead atoms. The van der Waals surface area contributed by atoms with Gasteiger partial charge in [0.2, 0.25) is 0 Å². The Balaban J connectivity index is 3.00. The summed E-state index contributed by atoms with van der Waals surface area (Å²) in [6.45, 7) is 0. The van der Waals surface area contributed by atoms with Crippen LogP contribution >= 0.6 is 0 Å². The van der Waals surface area contributed by atoms with Crippen molar-refractivity contribution in [1.29, 1.82) is 5.41 Å². The smallest absolute Gasteiger partial charge is 0.129 e. The molecule has 1 aliphatic rings. The first-order chi connectivity index (χ1) is 4.75. The molecule has 0 heterocycles. The lowest BCUT2D eigenvalue weighted by Crippen LogP contribution is -2.21. The lowest BCUT2D eigenvalue weighted by atomic mass is 10.1. The molecule has 52 valence electrons. The Labute approximate surface area is 57.8 Å². The van der Waals surface area contributed by atoms with Gasteiger partial charge in [0, 0.05) is 0 Å². The molecule has 0 amide bonds. The van der Waals surface area contributed by atoms with Crippen molar-refractivity contribution in [3.05, 3.63) is 23.9 Å². The van der Waals surface area contributed by atoms with Crippen molar-refractivity contribution in [2.45, 2.75) is 0 Å². The Morgan fingerprint density at radius 2 is 2.30 bits per heavy atom. The number of hydrogen-bond donors (Lipinski definition) is 3. The summed E-state index contributed by atoms with van der Waals surface area (Å²) in [4.78, 5) is 0. The molecule has 0 aliphatic heterocycles. The molecule has 0 aromatic heterocycles. The number of allylic oxidation sites excluding steroid dienone is 4. The normalized spacial score (nSPS) is 21.4. The zero-order valence-corrected chi connectivity index (χ0v) is 5.20. The highest BCUT2D eigenvalue weighted by molar-refractivity contribution is 6.51. The fraction of sp³-hybridized carbons (Fsp3) is 0. The third-order valence-electron chi connectivity index (χ3n) is 1.18. The maximum absolute atomic E-state index is 8.29. The van der Waals surface area contributed by atoms with E-state index in [1.807, 2.05) is 0 Å². The summed E-state index contributed by atoms with van der Waals surface area (Å²) in [7, 11) is 0. The minimum Gasteiger partial charge on any atom is -0.410 e. The van der Waals surface area contributed by atoms with Crippen molar-refractivity contribution in [1.82, 2.24) is 0 Å². The van der Waals surface area contributed by atoms with E-state index < -0.39 is 0 Å². The van der Waals surface area contributed by atoms with Crippen molar-refractivity contribution >= 4 is 11.4 Å². The SMILES string of the molecule is N=C1C(N)=CC=C/C1=N/O. The van der Waals surface area contributed by atoms with Gasteiger partial charge in [0.05, 0.1) is 5.70 Å². The van der Waals surface area contributed by atoms with E-state index in [1.54, 1.807) is 12.2 Å². The van der Waals surface area contributed by atoms with Crippen LogP contribution in [0.15, 0.2) is 29.1 Å². The van der Waals surface area contributed by atoms with E-state index in [9.17, 15) is 0 Å². The van der Waals surface area contributed by atoms with E-state index in [2.05, 4.69) is 5.16 Å². The predicted octanol–water partition coefficient (Wildman–Crippen LogP) is 0.249. The summed E-state index contributed by atoms with van der Waals surface area (Å²) in [5.41, 5.74) is 5.91. The zero-order chi connectivity index (χ0) is 7.56. The van der Waals surface area contributed by atoms with Gasteiger partial charge >= 0.3 is 0 Å². The number of nitrogens with two attached hydrogens (primary N) is 1. The van der Waals surface area contributed by atoms with Crippen LogP contribution in [-0.4, -0.2) is 16.6 Å². The van der Waals surface area contributed by atoms with Crippen LogP contribution in [-0.2, 0) is 0 Å². The van der Waals surface area contributed by atoms with E-state index in [4.69, 9.17) is 16.4 Å². The van der Waals surface area contributed by atoms with Gasteiger partial charge in [-0.3, -0.25) is 5.41 Å². The van der Waals surface area contributed by atoms with Gasteiger partial charge in [0.25, 0.3) is 0 Å². The molecule has 4 nitrogen and oxygen atoms in total. The number of nitrogens with one attached hydrogen (secondary N) is 1.